The van der Waals surface area contributed by atoms with Crippen LogP contribution in [0, 0.1) is 0 Å². The normalized spacial score (nSPS) is 10.6. The van der Waals surface area contributed by atoms with Gasteiger partial charge in [-0.15, -0.1) is 0 Å². The average Bonchev–Trinajstić information content (AvgIpc) is 2.92. The summed E-state index contributed by atoms with van der Waals surface area (Å²) in [6, 6.07) is 5.40. The fourth-order valence-electron chi connectivity index (χ4n) is 1.99. The minimum absolute atomic E-state index is 0.0197. The molecule has 0 radical (unpaired) electrons. The number of methoxy groups -OCH3 is 1. The number of aliphatic hydroxyl groups is 1. The Morgan fingerprint density at radius 1 is 1.30 bits per heavy atom. The van der Waals surface area contributed by atoms with Gasteiger partial charge >= 0.3 is 0 Å². The van der Waals surface area contributed by atoms with E-state index in [-0.39, 0.29) is 6.61 Å². The molecule has 2 aromatic rings. The zero-order chi connectivity index (χ0) is 14.4. The molecule has 0 aliphatic rings. The van der Waals surface area contributed by atoms with Crippen molar-refractivity contribution < 1.29 is 14.6 Å². The molecule has 5 nitrogen and oxygen atoms in total. The van der Waals surface area contributed by atoms with Crippen molar-refractivity contribution in [3.05, 3.63) is 42.0 Å². The highest BCUT2D eigenvalue weighted by Crippen LogP contribution is 2.28. The van der Waals surface area contributed by atoms with Gasteiger partial charge in [-0.3, -0.25) is 0 Å². The Morgan fingerprint density at radius 2 is 2.15 bits per heavy atom. The number of benzene rings is 1. The Bertz CT molecular complexity index is 552. The van der Waals surface area contributed by atoms with E-state index in [1.807, 2.05) is 12.4 Å². The van der Waals surface area contributed by atoms with Gasteiger partial charge in [0.25, 0.3) is 0 Å². The fourth-order valence-corrected chi connectivity index (χ4v) is 1.99. The summed E-state index contributed by atoms with van der Waals surface area (Å²) >= 11 is 0. The summed E-state index contributed by atoms with van der Waals surface area (Å²) in [4.78, 5) is 4.14. The Hall–Kier alpha value is -2.01. The van der Waals surface area contributed by atoms with Gasteiger partial charge in [-0.25, -0.2) is 4.98 Å². The number of imidazole rings is 1. The van der Waals surface area contributed by atoms with Crippen molar-refractivity contribution in [3.8, 4) is 11.5 Å². The van der Waals surface area contributed by atoms with Crippen LogP contribution in [-0.4, -0.2) is 21.8 Å². The van der Waals surface area contributed by atoms with Gasteiger partial charge in [-0.1, -0.05) is 13.0 Å². The first-order valence-electron chi connectivity index (χ1n) is 6.68. The van der Waals surface area contributed by atoms with Crippen LogP contribution in [0.5, 0.6) is 11.5 Å². The van der Waals surface area contributed by atoms with E-state index in [2.05, 4.69) is 16.5 Å². The molecular weight excluding hydrogens is 256 g/mol. The van der Waals surface area contributed by atoms with Gasteiger partial charge < -0.3 is 19.1 Å². The second-order valence-electron chi connectivity index (χ2n) is 4.51. The number of hydrogen-bond acceptors (Lipinski definition) is 4. The summed E-state index contributed by atoms with van der Waals surface area (Å²) in [5.41, 5.74) is 1.81. The van der Waals surface area contributed by atoms with Crippen molar-refractivity contribution in [2.75, 3.05) is 7.11 Å². The van der Waals surface area contributed by atoms with E-state index < -0.39 is 0 Å². The summed E-state index contributed by atoms with van der Waals surface area (Å²) in [5, 5.41) is 9.18. The lowest BCUT2D eigenvalue weighted by Crippen LogP contribution is -2.05. The molecule has 1 aromatic heterocycles. The molecule has 20 heavy (non-hydrogen) atoms. The van der Waals surface area contributed by atoms with Gasteiger partial charge in [0, 0.05) is 6.54 Å². The second-order valence-corrected chi connectivity index (χ2v) is 4.51. The number of rotatable bonds is 7. The Balaban J connectivity index is 2.11. The van der Waals surface area contributed by atoms with Crippen molar-refractivity contribution in [2.45, 2.75) is 33.1 Å². The lowest BCUT2D eigenvalue weighted by Gasteiger charge is -2.12. The van der Waals surface area contributed by atoms with Crippen LogP contribution < -0.4 is 9.47 Å². The van der Waals surface area contributed by atoms with Crippen molar-refractivity contribution in [3.63, 3.8) is 0 Å². The van der Waals surface area contributed by atoms with Crippen molar-refractivity contribution >= 4 is 0 Å². The highest BCUT2D eigenvalue weighted by molar-refractivity contribution is 5.42. The summed E-state index contributed by atoms with van der Waals surface area (Å²) in [6.45, 7) is 3.45. The van der Waals surface area contributed by atoms with E-state index in [0.717, 1.165) is 24.2 Å². The fraction of sp³-hybridized carbons (Fsp3) is 0.400. The molecule has 0 atom stereocenters. The smallest absolute Gasteiger partial charge is 0.162 e. The Labute approximate surface area is 118 Å². The van der Waals surface area contributed by atoms with E-state index in [0.29, 0.717) is 18.1 Å². The standard InChI is InChI=1S/C15H20N2O3/c1-3-6-17-11-16-8-13(17)10-20-15-7-12(9-18)4-5-14(15)19-2/h4-5,7-8,11,18H,3,6,9-10H2,1-2H3. The predicted molar refractivity (Wildman–Crippen MR) is 75.8 cm³/mol. The average molecular weight is 276 g/mol. The maximum absolute atomic E-state index is 9.18. The largest absolute Gasteiger partial charge is 0.493 e. The molecule has 0 bridgehead atoms. The number of aliphatic hydroxyl groups excluding tert-OH is 1. The van der Waals surface area contributed by atoms with E-state index in [4.69, 9.17) is 9.47 Å². The first kappa shape index (κ1) is 14.4. The van der Waals surface area contributed by atoms with Gasteiger partial charge in [0.05, 0.1) is 31.9 Å². The third-order valence-corrected chi connectivity index (χ3v) is 3.05. The summed E-state index contributed by atoms with van der Waals surface area (Å²) in [7, 11) is 1.60. The molecule has 0 aliphatic heterocycles. The van der Waals surface area contributed by atoms with Crippen molar-refractivity contribution in [1.29, 1.82) is 0 Å². The quantitative estimate of drug-likeness (QED) is 0.843. The molecule has 0 spiro atoms. The monoisotopic (exact) mass is 276 g/mol. The number of nitrogens with zero attached hydrogens (tertiary/aromatic N) is 2. The third-order valence-electron chi connectivity index (χ3n) is 3.05. The number of ether oxygens (including phenoxy) is 2. The van der Waals surface area contributed by atoms with Crippen LogP contribution in [0.2, 0.25) is 0 Å². The van der Waals surface area contributed by atoms with Gasteiger partial charge in [-0.05, 0) is 24.1 Å². The molecule has 5 heteroatoms. The van der Waals surface area contributed by atoms with Gasteiger partial charge in [0.15, 0.2) is 11.5 Å². The topological polar surface area (TPSA) is 56.5 Å². The molecule has 0 fully saturated rings. The van der Waals surface area contributed by atoms with Gasteiger partial charge in [0.2, 0.25) is 0 Å². The minimum atomic E-state index is -0.0197. The van der Waals surface area contributed by atoms with Crippen LogP contribution in [0.1, 0.15) is 24.6 Å². The van der Waals surface area contributed by atoms with Crippen LogP contribution >= 0.6 is 0 Å². The van der Waals surface area contributed by atoms with Crippen LogP contribution in [0.3, 0.4) is 0 Å². The Kier molecular flexibility index (Phi) is 5.01. The first-order valence-corrected chi connectivity index (χ1v) is 6.68. The molecule has 1 N–H and O–H groups in total. The zero-order valence-electron chi connectivity index (χ0n) is 11.9. The van der Waals surface area contributed by atoms with E-state index >= 15 is 0 Å². The molecule has 0 saturated heterocycles. The van der Waals surface area contributed by atoms with Crippen molar-refractivity contribution in [2.24, 2.45) is 0 Å². The molecule has 1 heterocycles. The summed E-state index contributed by atoms with van der Waals surface area (Å²) in [5.74, 6) is 1.28. The highest BCUT2D eigenvalue weighted by Gasteiger charge is 2.08. The van der Waals surface area contributed by atoms with Gasteiger partial charge in [-0.2, -0.15) is 0 Å². The van der Waals surface area contributed by atoms with E-state index in [1.54, 1.807) is 25.4 Å². The van der Waals surface area contributed by atoms with Crippen LogP contribution in [0.15, 0.2) is 30.7 Å². The SMILES string of the molecule is CCCn1cncc1COc1cc(CO)ccc1OC. The Morgan fingerprint density at radius 3 is 2.85 bits per heavy atom. The van der Waals surface area contributed by atoms with Crippen molar-refractivity contribution in [1.82, 2.24) is 9.55 Å². The summed E-state index contributed by atoms with van der Waals surface area (Å²) < 4.78 is 13.1. The molecule has 0 saturated carbocycles. The van der Waals surface area contributed by atoms with Gasteiger partial charge in [0.1, 0.15) is 6.61 Å². The van der Waals surface area contributed by atoms with Crippen LogP contribution in [0.25, 0.3) is 0 Å². The lowest BCUT2D eigenvalue weighted by atomic mass is 10.2. The molecular formula is C15H20N2O3. The van der Waals surface area contributed by atoms with E-state index in [9.17, 15) is 5.11 Å². The van der Waals surface area contributed by atoms with Crippen LogP contribution in [-0.2, 0) is 19.8 Å². The molecule has 0 amide bonds. The zero-order valence-corrected chi connectivity index (χ0v) is 11.9. The predicted octanol–water partition coefficient (Wildman–Crippen LogP) is 2.37. The molecule has 0 unspecified atom stereocenters. The minimum Gasteiger partial charge on any atom is -0.493 e. The second kappa shape index (κ2) is 6.96. The molecule has 108 valence electrons. The third kappa shape index (κ3) is 3.30. The van der Waals surface area contributed by atoms with Crippen LogP contribution in [0.4, 0.5) is 0 Å². The molecule has 0 aliphatic carbocycles. The maximum Gasteiger partial charge on any atom is 0.162 e. The van der Waals surface area contributed by atoms with E-state index in [1.165, 1.54) is 0 Å². The highest BCUT2D eigenvalue weighted by atomic mass is 16.5. The summed E-state index contributed by atoms with van der Waals surface area (Å²) in [6.07, 6.45) is 4.66. The molecule has 1 aromatic carbocycles. The maximum atomic E-state index is 9.18. The molecule has 2 rings (SSSR count). The number of aryl methyl sites for hydroxylation is 1. The lowest BCUT2D eigenvalue weighted by molar-refractivity contribution is 0.267. The first-order chi connectivity index (χ1) is 9.78. The number of aromatic nitrogens is 2. The number of hydrogen-bond donors (Lipinski definition) is 1.